The van der Waals surface area contributed by atoms with Crippen LogP contribution in [0.5, 0.6) is 0 Å². The van der Waals surface area contributed by atoms with Crippen molar-refractivity contribution in [2.45, 2.75) is 18.9 Å². The molecule has 20 heavy (non-hydrogen) atoms. The van der Waals surface area contributed by atoms with Crippen LogP contribution in [0.3, 0.4) is 0 Å². The summed E-state index contributed by atoms with van der Waals surface area (Å²) >= 11 is 0. The molecular formula is C18H18N2. The molecule has 2 nitrogen and oxygen atoms in total. The van der Waals surface area contributed by atoms with Gasteiger partial charge in [0.1, 0.15) is 0 Å². The summed E-state index contributed by atoms with van der Waals surface area (Å²) in [6.45, 7) is 0.979. The first-order chi connectivity index (χ1) is 9.90. The van der Waals surface area contributed by atoms with Gasteiger partial charge in [-0.25, -0.2) is 0 Å². The first-order valence-electron chi connectivity index (χ1n) is 7.28. The number of hydrogen-bond donors (Lipinski definition) is 1. The van der Waals surface area contributed by atoms with Gasteiger partial charge in [0.05, 0.1) is 6.04 Å². The van der Waals surface area contributed by atoms with Gasteiger partial charge in [0.15, 0.2) is 0 Å². The van der Waals surface area contributed by atoms with Crippen LogP contribution in [0.4, 0.5) is 5.69 Å². The average molecular weight is 262 g/mol. The Hall–Kier alpha value is -2.22. The van der Waals surface area contributed by atoms with Gasteiger partial charge >= 0.3 is 0 Å². The van der Waals surface area contributed by atoms with Gasteiger partial charge in [-0.05, 0) is 48.3 Å². The first-order valence-corrected chi connectivity index (χ1v) is 7.28. The second kappa shape index (κ2) is 4.71. The minimum atomic E-state index is 0.426. The van der Waals surface area contributed by atoms with E-state index in [4.69, 9.17) is 0 Å². The minimum absolute atomic E-state index is 0.426. The minimum Gasteiger partial charge on any atom is -0.378 e. The molecular weight excluding hydrogens is 244 g/mol. The number of aryl methyl sites for hydroxylation is 1. The Morgan fingerprint density at radius 3 is 3.15 bits per heavy atom. The SMILES string of the molecule is C1=CCN2C=CC(C3CCc4ccccc4N3)=CC2=C1. The predicted octanol–water partition coefficient (Wildman–Crippen LogP) is 3.62. The third-order valence-electron chi connectivity index (χ3n) is 4.25. The number of fused-ring (bicyclic) bond motifs is 2. The van der Waals surface area contributed by atoms with Gasteiger partial charge in [0, 0.05) is 24.1 Å². The van der Waals surface area contributed by atoms with E-state index in [1.165, 1.54) is 22.5 Å². The Morgan fingerprint density at radius 2 is 2.15 bits per heavy atom. The Kier molecular flexibility index (Phi) is 2.73. The van der Waals surface area contributed by atoms with Crippen molar-refractivity contribution < 1.29 is 0 Å². The molecule has 0 aliphatic carbocycles. The number of benzene rings is 1. The molecule has 1 aromatic carbocycles. The zero-order valence-corrected chi connectivity index (χ0v) is 11.4. The Balaban J connectivity index is 1.61. The Bertz CT molecular complexity index is 649. The van der Waals surface area contributed by atoms with Crippen molar-refractivity contribution in [3.8, 4) is 0 Å². The van der Waals surface area contributed by atoms with E-state index in [2.05, 4.69) is 71.1 Å². The Labute approximate surface area is 119 Å². The molecule has 0 saturated heterocycles. The maximum Gasteiger partial charge on any atom is 0.0518 e. The lowest BCUT2D eigenvalue weighted by Gasteiger charge is -2.32. The molecule has 2 heteroatoms. The highest BCUT2D eigenvalue weighted by atomic mass is 15.1. The van der Waals surface area contributed by atoms with Crippen LogP contribution in [-0.2, 0) is 6.42 Å². The highest BCUT2D eigenvalue weighted by molar-refractivity contribution is 5.57. The molecule has 1 unspecified atom stereocenters. The summed E-state index contributed by atoms with van der Waals surface area (Å²) in [6.07, 6.45) is 15.6. The summed E-state index contributed by atoms with van der Waals surface area (Å²) in [4.78, 5) is 2.28. The van der Waals surface area contributed by atoms with Gasteiger partial charge in [0.2, 0.25) is 0 Å². The van der Waals surface area contributed by atoms with Crippen LogP contribution >= 0.6 is 0 Å². The number of para-hydroxylation sites is 1. The van der Waals surface area contributed by atoms with E-state index < -0.39 is 0 Å². The monoisotopic (exact) mass is 262 g/mol. The highest BCUT2D eigenvalue weighted by Gasteiger charge is 2.22. The number of rotatable bonds is 1. The van der Waals surface area contributed by atoms with Crippen LogP contribution in [0.15, 0.2) is 72.1 Å². The van der Waals surface area contributed by atoms with Gasteiger partial charge < -0.3 is 10.2 Å². The molecule has 1 aromatic rings. The zero-order chi connectivity index (χ0) is 13.4. The maximum atomic E-state index is 3.68. The summed E-state index contributed by atoms with van der Waals surface area (Å²) in [5.41, 5.74) is 5.41. The molecule has 1 N–H and O–H groups in total. The topological polar surface area (TPSA) is 15.3 Å². The molecule has 3 aliphatic rings. The van der Waals surface area contributed by atoms with E-state index in [0.717, 1.165) is 19.4 Å². The number of anilines is 1. The van der Waals surface area contributed by atoms with Crippen LogP contribution < -0.4 is 5.32 Å². The zero-order valence-electron chi connectivity index (χ0n) is 11.4. The standard InChI is InChI=1S/C18H18N2/c1-2-7-17-14(5-1)8-9-18(19-17)15-10-12-20-11-4-3-6-16(20)13-15/h1-7,10,12-13,18-19H,8-9,11H2. The fraction of sp³-hybridized carbons (Fsp3) is 0.222. The quantitative estimate of drug-likeness (QED) is 0.831. The van der Waals surface area contributed by atoms with Crippen LogP contribution in [0, 0.1) is 0 Å². The third-order valence-corrected chi connectivity index (χ3v) is 4.25. The van der Waals surface area contributed by atoms with Gasteiger partial charge in [0.25, 0.3) is 0 Å². The fourth-order valence-corrected chi connectivity index (χ4v) is 3.12. The van der Waals surface area contributed by atoms with E-state index >= 15 is 0 Å². The van der Waals surface area contributed by atoms with Gasteiger partial charge in [-0.2, -0.15) is 0 Å². The van der Waals surface area contributed by atoms with E-state index in [0.29, 0.717) is 6.04 Å². The molecule has 0 saturated carbocycles. The molecule has 0 amide bonds. The van der Waals surface area contributed by atoms with Crippen LogP contribution in [-0.4, -0.2) is 17.5 Å². The largest absolute Gasteiger partial charge is 0.378 e. The van der Waals surface area contributed by atoms with Crippen LogP contribution in [0.25, 0.3) is 0 Å². The molecule has 0 aromatic heterocycles. The average Bonchev–Trinajstić information content (AvgIpc) is 2.54. The molecule has 0 radical (unpaired) electrons. The van der Waals surface area contributed by atoms with Gasteiger partial charge in [-0.15, -0.1) is 0 Å². The molecule has 4 rings (SSSR count). The normalized spacial score (nSPS) is 23.4. The molecule has 100 valence electrons. The molecule has 0 bridgehead atoms. The number of nitrogens with zero attached hydrogens (tertiary/aromatic N) is 1. The second-order valence-electron chi connectivity index (χ2n) is 5.52. The molecule has 0 spiro atoms. The summed E-state index contributed by atoms with van der Waals surface area (Å²) in [5, 5.41) is 3.68. The van der Waals surface area contributed by atoms with Crippen LogP contribution in [0.1, 0.15) is 12.0 Å². The molecule has 0 fully saturated rings. The van der Waals surface area contributed by atoms with Crippen molar-refractivity contribution in [1.29, 1.82) is 0 Å². The van der Waals surface area contributed by atoms with E-state index in [-0.39, 0.29) is 0 Å². The van der Waals surface area contributed by atoms with Gasteiger partial charge in [-0.3, -0.25) is 0 Å². The number of allylic oxidation sites excluding steroid dienone is 3. The van der Waals surface area contributed by atoms with E-state index in [1.807, 2.05) is 0 Å². The highest BCUT2D eigenvalue weighted by Crippen LogP contribution is 2.30. The lowest BCUT2D eigenvalue weighted by atomic mass is 9.91. The van der Waals surface area contributed by atoms with E-state index in [1.54, 1.807) is 0 Å². The van der Waals surface area contributed by atoms with Crippen LogP contribution in [0.2, 0.25) is 0 Å². The van der Waals surface area contributed by atoms with Crippen molar-refractivity contribution in [2.24, 2.45) is 0 Å². The Morgan fingerprint density at radius 1 is 1.20 bits per heavy atom. The number of hydrogen-bond acceptors (Lipinski definition) is 2. The first kappa shape index (κ1) is 11.6. The van der Waals surface area contributed by atoms with Crippen molar-refractivity contribution in [2.75, 3.05) is 11.9 Å². The van der Waals surface area contributed by atoms with Crippen molar-refractivity contribution in [3.05, 3.63) is 77.7 Å². The summed E-state index contributed by atoms with van der Waals surface area (Å²) in [6, 6.07) is 9.06. The smallest absolute Gasteiger partial charge is 0.0518 e. The lowest BCUT2D eigenvalue weighted by Crippen LogP contribution is -2.29. The summed E-state index contributed by atoms with van der Waals surface area (Å²) < 4.78 is 0. The molecule has 1 atom stereocenters. The van der Waals surface area contributed by atoms with Crippen molar-refractivity contribution >= 4 is 5.69 Å². The lowest BCUT2D eigenvalue weighted by molar-refractivity contribution is 0.518. The molecule has 3 aliphatic heterocycles. The fourth-order valence-electron chi connectivity index (χ4n) is 3.12. The number of nitrogens with one attached hydrogen (secondary N) is 1. The van der Waals surface area contributed by atoms with Crippen molar-refractivity contribution in [1.82, 2.24) is 4.90 Å². The predicted molar refractivity (Wildman–Crippen MR) is 83.3 cm³/mol. The maximum absolute atomic E-state index is 3.68. The summed E-state index contributed by atoms with van der Waals surface area (Å²) in [5.74, 6) is 0. The second-order valence-corrected chi connectivity index (χ2v) is 5.52. The third kappa shape index (κ3) is 1.97. The van der Waals surface area contributed by atoms with E-state index in [9.17, 15) is 0 Å². The summed E-state index contributed by atoms with van der Waals surface area (Å²) in [7, 11) is 0. The van der Waals surface area contributed by atoms with Crippen molar-refractivity contribution in [3.63, 3.8) is 0 Å². The molecule has 3 heterocycles. The van der Waals surface area contributed by atoms with Gasteiger partial charge in [-0.1, -0.05) is 30.4 Å².